The predicted molar refractivity (Wildman–Crippen MR) is 70.5 cm³/mol. The van der Waals surface area contributed by atoms with Gasteiger partial charge >= 0.3 is 0 Å². The molecule has 1 atom stereocenters. The molecule has 0 aliphatic carbocycles. The molecule has 0 aliphatic heterocycles. The number of halogens is 1. The van der Waals surface area contributed by atoms with Crippen LogP contribution in [0.25, 0.3) is 0 Å². The van der Waals surface area contributed by atoms with Gasteiger partial charge in [-0.25, -0.2) is 0 Å². The van der Waals surface area contributed by atoms with Gasteiger partial charge in [-0.2, -0.15) is 0 Å². The Morgan fingerprint density at radius 3 is 2.76 bits per heavy atom. The number of aliphatic hydroxyl groups excluding tert-OH is 2. The third-order valence-electron chi connectivity index (χ3n) is 1.98. The maximum Gasteiger partial charge on any atom is 0.171 e. The van der Waals surface area contributed by atoms with Gasteiger partial charge in [0, 0.05) is 20.7 Å². The van der Waals surface area contributed by atoms with Crippen LogP contribution in [0.4, 0.5) is 0 Å². The fourth-order valence-electron chi connectivity index (χ4n) is 1.09. The van der Waals surface area contributed by atoms with Crippen LogP contribution in [0.5, 0.6) is 0 Å². The Morgan fingerprint density at radius 1 is 1.53 bits per heavy atom. The van der Waals surface area contributed by atoms with Gasteiger partial charge in [0.25, 0.3) is 0 Å². The molecule has 0 heterocycles. The summed E-state index contributed by atoms with van der Waals surface area (Å²) in [6, 6.07) is 5.32. The average molecular weight is 321 g/mol. The average Bonchev–Trinajstić information content (AvgIpc) is 2.35. The van der Waals surface area contributed by atoms with Crippen molar-refractivity contribution in [2.24, 2.45) is 10.9 Å². The number of oxime groups is 1. The Hall–Kier alpha value is -0.760. The van der Waals surface area contributed by atoms with E-state index >= 15 is 0 Å². The highest BCUT2D eigenvalue weighted by Crippen LogP contribution is 2.25. The van der Waals surface area contributed by atoms with Crippen molar-refractivity contribution in [3.05, 3.63) is 28.2 Å². The van der Waals surface area contributed by atoms with Crippen molar-refractivity contribution >= 4 is 33.5 Å². The van der Waals surface area contributed by atoms with Gasteiger partial charge in [-0.1, -0.05) is 5.16 Å². The molecule has 0 fully saturated rings. The first-order valence-electron chi connectivity index (χ1n) is 4.77. The number of nitrogens with two attached hydrogens (primary N) is 1. The summed E-state index contributed by atoms with van der Waals surface area (Å²) in [7, 11) is 0. The predicted octanol–water partition coefficient (Wildman–Crippen LogP) is 0.989. The monoisotopic (exact) mass is 320 g/mol. The lowest BCUT2D eigenvalue weighted by molar-refractivity contribution is 0.113. The van der Waals surface area contributed by atoms with Gasteiger partial charge in [0.1, 0.15) is 0 Å². The quantitative estimate of drug-likeness (QED) is 0.213. The van der Waals surface area contributed by atoms with Crippen molar-refractivity contribution in [1.29, 1.82) is 0 Å². The van der Waals surface area contributed by atoms with Gasteiger partial charge < -0.3 is 21.2 Å². The summed E-state index contributed by atoms with van der Waals surface area (Å²) in [6.45, 7) is -0.254. The van der Waals surface area contributed by atoms with Crippen molar-refractivity contribution in [2.45, 2.75) is 11.0 Å². The van der Waals surface area contributed by atoms with Crippen molar-refractivity contribution in [1.82, 2.24) is 0 Å². The largest absolute Gasteiger partial charge is 0.409 e. The van der Waals surface area contributed by atoms with Crippen LogP contribution in [0.2, 0.25) is 0 Å². The van der Waals surface area contributed by atoms with E-state index in [9.17, 15) is 5.11 Å². The summed E-state index contributed by atoms with van der Waals surface area (Å²) < 4.78 is 0.705. The molecule has 0 saturated carbocycles. The maximum atomic E-state index is 9.21. The topological polar surface area (TPSA) is 99.1 Å². The smallest absolute Gasteiger partial charge is 0.171 e. The second-order valence-corrected chi connectivity index (χ2v) is 5.22. The molecule has 17 heavy (non-hydrogen) atoms. The van der Waals surface area contributed by atoms with Gasteiger partial charge in [0.15, 0.2) is 5.84 Å². The van der Waals surface area contributed by atoms with E-state index in [1.165, 1.54) is 11.8 Å². The standard InChI is InChI=1S/C10H13BrN2O3S/c11-9-3-7(17-5-6(15)4-14)1-2-8(9)10(12)13-16/h1-3,6,14-16H,4-5H2,(H2,12,13). The molecular weight excluding hydrogens is 308 g/mol. The van der Waals surface area contributed by atoms with Crippen LogP contribution >= 0.6 is 27.7 Å². The van der Waals surface area contributed by atoms with Crippen molar-refractivity contribution in [3.8, 4) is 0 Å². The summed E-state index contributed by atoms with van der Waals surface area (Å²) in [4.78, 5) is 0.916. The first-order valence-corrected chi connectivity index (χ1v) is 6.55. The fourth-order valence-corrected chi connectivity index (χ4v) is 2.68. The van der Waals surface area contributed by atoms with E-state index in [4.69, 9.17) is 16.0 Å². The Kier molecular flexibility index (Phi) is 5.76. The molecule has 1 rings (SSSR count). The van der Waals surface area contributed by atoms with E-state index in [1.807, 2.05) is 6.07 Å². The highest BCUT2D eigenvalue weighted by atomic mass is 79.9. The maximum absolute atomic E-state index is 9.21. The first-order chi connectivity index (χ1) is 8.08. The molecule has 5 N–H and O–H groups in total. The number of benzene rings is 1. The van der Waals surface area contributed by atoms with E-state index in [0.29, 0.717) is 15.8 Å². The zero-order valence-electron chi connectivity index (χ0n) is 8.88. The zero-order chi connectivity index (χ0) is 12.8. The normalized spacial score (nSPS) is 13.7. The Morgan fingerprint density at radius 2 is 2.24 bits per heavy atom. The van der Waals surface area contributed by atoms with E-state index < -0.39 is 6.10 Å². The molecule has 0 radical (unpaired) electrons. The van der Waals surface area contributed by atoms with Crippen LogP contribution in [0, 0.1) is 0 Å². The molecule has 0 bridgehead atoms. The summed E-state index contributed by atoms with van der Waals surface area (Å²) in [6.07, 6.45) is -0.734. The van der Waals surface area contributed by atoms with Crippen molar-refractivity contribution in [3.63, 3.8) is 0 Å². The number of thioether (sulfide) groups is 1. The molecule has 1 aromatic rings. The molecule has 7 heteroatoms. The summed E-state index contributed by atoms with van der Waals surface area (Å²) >= 11 is 4.73. The molecule has 0 saturated heterocycles. The Labute approximate surface area is 111 Å². The van der Waals surface area contributed by atoms with Gasteiger partial charge in [0.2, 0.25) is 0 Å². The lowest BCUT2D eigenvalue weighted by Crippen LogP contribution is -2.15. The molecule has 0 spiro atoms. The van der Waals surface area contributed by atoms with E-state index in [0.717, 1.165) is 4.90 Å². The second kappa shape index (κ2) is 6.85. The Bertz CT molecular complexity index is 415. The van der Waals surface area contributed by atoms with Gasteiger partial charge in [0.05, 0.1) is 12.7 Å². The Balaban J connectivity index is 2.75. The summed E-state index contributed by atoms with van der Waals surface area (Å²) in [5, 5.41) is 29.4. The van der Waals surface area contributed by atoms with Crippen LogP contribution in [0.1, 0.15) is 5.56 Å². The van der Waals surface area contributed by atoms with Gasteiger partial charge in [-0.05, 0) is 34.1 Å². The number of hydrogen-bond acceptors (Lipinski definition) is 5. The minimum Gasteiger partial charge on any atom is -0.409 e. The minimum atomic E-state index is -0.734. The summed E-state index contributed by atoms with van der Waals surface area (Å²) in [5.74, 6) is 0.440. The molecular formula is C10H13BrN2O3S. The highest BCUT2D eigenvalue weighted by molar-refractivity contribution is 9.10. The number of amidine groups is 1. The van der Waals surface area contributed by atoms with E-state index in [1.54, 1.807) is 12.1 Å². The summed E-state index contributed by atoms with van der Waals surface area (Å²) in [5.41, 5.74) is 6.08. The number of hydrogen-bond donors (Lipinski definition) is 4. The molecule has 0 aliphatic rings. The third-order valence-corrected chi connectivity index (χ3v) is 3.77. The lowest BCUT2D eigenvalue weighted by Gasteiger charge is -2.08. The number of rotatable bonds is 5. The lowest BCUT2D eigenvalue weighted by atomic mass is 10.2. The molecule has 0 aromatic heterocycles. The molecule has 5 nitrogen and oxygen atoms in total. The highest BCUT2D eigenvalue weighted by Gasteiger charge is 2.08. The van der Waals surface area contributed by atoms with Crippen LogP contribution in [0.3, 0.4) is 0 Å². The number of aliphatic hydroxyl groups is 2. The zero-order valence-corrected chi connectivity index (χ0v) is 11.3. The molecule has 0 amide bonds. The SMILES string of the molecule is N/C(=N/O)c1ccc(SCC(O)CO)cc1Br. The van der Waals surface area contributed by atoms with Gasteiger partial charge in [-0.15, -0.1) is 11.8 Å². The van der Waals surface area contributed by atoms with Crippen LogP contribution in [0.15, 0.2) is 32.7 Å². The fraction of sp³-hybridized carbons (Fsp3) is 0.300. The van der Waals surface area contributed by atoms with Crippen LogP contribution in [-0.4, -0.2) is 39.7 Å². The van der Waals surface area contributed by atoms with Crippen molar-refractivity contribution < 1.29 is 15.4 Å². The number of nitrogens with zero attached hydrogens (tertiary/aromatic N) is 1. The third kappa shape index (κ3) is 4.19. The van der Waals surface area contributed by atoms with Crippen LogP contribution in [-0.2, 0) is 0 Å². The van der Waals surface area contributed by atoms with Crippen LogP contribution < -0.4 is 5.73 Å². The van der Waals surface area contributed by atoms with Gasteiger partial charge in [-0.3, -0.25) is 0 Å². The minimum absolute atomic E-state index is 0.0313. The molecule has 1 aromatic carbocycles. The molecule has 94 valence electrons. The molecule has 1 unspecified atom stereocenters. The van der Waals surface area contributed by atoms with E-state index in [2.05, 4.69) is 21.1 Å². The van der Waals surface area contributed by atoms with E-state index in [-0.39, 0.29) is 12.4 Å². The van der Waals surface area contributed by atoms with Crippen molar-refractivity contribution in [2.75, 3.05) is 12.4 Å². The first kappa shape index (κ1) is 14.3. The second-order valence-electron chi connectivity index (χ2n) is 3.27.